The van der Waals surface area contributed by atoms with Crippen LogP contribution in [0.15, 0.2) is 29.2 Å². The van der Waals surface area contributed by atoms with Gasteiger partial charge in [-0.2, -0.15) is 4.31 Å². The van der Waals surface area contributed by atoms with Crippen molar-refractivity contribution in [1.29, 1.82) is 0 Å². The summed E-state index contributed by atoms with van der Waals surface area (Å²) in [6.07, 6.45) is 3.29. The first kappa shape index (κ1) is 25.2. The van der Waals surface area contributed by atoms with Gasteiger partial charge in [0.05, 0.1) is 4.90 Å². The molecule has 2 aliphatic heterocycles. The molecule has 0 radical (unpaired) electrons. The zero-order chi connectivity index (χ0) is 24.9. The Kier molecular flexibility index (Phi) is 6.62. The van der Waals surface area contributed by atoms with E-state index < -0.39 is 10.0 Å². The van der Waals surface area contributed by atoms with Crippen LogP contribution in [0.4, 0.5) is 0 Å². The zero-order valence-corrected chi connectivity index (χ0v) is 22.0. The van der Waals surface area contributed by atoms with Gasteiger partial charge in [0.25, 0.3) is 5.91 Å². The van der Waals surface area contributed by atoms with Gasteiger partial charge in [-0.1, -0.05) is 40.7 Å². The predicted octanol–water partition coefficient (Wildman–Crippen LogP) is 3.61. The van der Waals surface area contributed by atoms with Crippen LogP contribution in [0.5, 0.6) is 0 Å². The van der Waals surface area contributed by atoms with Crippen molar-refractivity contribution in [2.24, 2.45) is 16.7 Å². The number of piperazine rings is 1. The standard InChI is InChI=1S/C26H39N3O4S/c1-19(2)13-23(30)27-9-11-28(12-10-27)24(31)20-7-6-8-22(14-20)34(32,33)29-18-26(5)16-21(29)15-25(3,4)17-26/h6-8,14,19,21H,9-13,15-18H2,1-5H3. The lowest BCUT2D eigenvalue weighted by atomic mass is 9.65. The number of fused-ring (bicyclic) bond motifs is 2. The average molecular weight is 490 g/mol. The highest BCUT2D eigenvalue weighted by atomic mass is 32.2. The van der Waals surface area contributed by atoms with Crippen molar-refractivity contribution >= 4 is 21.8 Å². The summed E-state index contributed by atoms with van der Waals surface area (Å²) in [4.78, 5) is 29.2. The molecule has 2 amide bonds. The number of amides is 2. The van der Waals surface area contributed by atoms with Crippen molar-refractivity contribution in [2.45, 2.75) is 71.2 Å². The van der Waals surface area contributed by atoms with Gasteiger partial charge in [0.15, 0.2) is 0 Å². The lowest BCUT2D eigenvalue weighted by molar-refractivity contribution is -0.133. The van der Waals surface area contributed by atoms with E-state index in [-0.39, 0.29) is 33.6 Å². The maximum Gasteiger partial charge on any atom is 0.254 e. The molecule has 7 nitrogen and oxygen atoms in total. The van der Waals surface area contributed by atoms with Gasteiger partial charge in [0.1, 0.15) is 0 Å². The van der Waals surface area contributed by atoms with E-state index in [1.807, 2.05) is 18.7 Å². The molecular formula is C26H39N3O4S. The van der Waals surface area contributed by atoms with Gasteiger partial charge in [-0.3, -0.25) is 9.59 Å². The van der Waals surface area contributed by atoms with E-state index in [1.54, 1.807) is 27.4 Å². The fraction of sp³-hybridized carbons (Fsp3) is 0.692. The SMILES string of the molecule is CC(C)CC(=O)N1CCN(C(=O)c2cccc(S(=O)(=O)N3CC4(C)CC3CC(C)(C)C4)c2)CC1. The Labute approximate surface area is 204 Å². The normalized spacial score (nSPS) is 27.3. The lowest BCUT2D eigenvalue weighted by Gasteiger charge is -2.39. The molecule has 0 aromatic heterocycles. The molecule has 2 bridgehead atoms. The molecule has 2 unspecified atom stereocenters. The fourth-order valence-corrected chi connectivity index (χ4v) is 8.25. The predicted molar refractivity (Wildman–Crippen MR) is 132 cm³/mol. The third kappa shape index (κ3) is 5.03. The molecule has 3 aliphatic rings. The Balaban J connectivity index is 1.47. The Hall–Kier alpha value is -1.93. The molecule has 2 heterocycles. The molecule has 2 atom stereocenters. The number of hydrogen-bond acceptors (Lipinski definition) is 4. The van der Waals surface area contributed by atoms with Gasteiger partial charge in [-0.05, 0) is 54.2 Å². The van der Waals surface area contributed by atoms with E-state index >= 15 is 0 Å². The van der Waals surface area contributed by atoms with Crippen molar-refractivity contribution in [3.05, 3.63) is 29.8 Å². The summed E-state index contributed by atoms with van der Waals surface area (Å²) in [5, 5.41) is 0. The smallest absolute Gasteiger partial charge is 0.254 e. The Morgan fingerprint density at radius 3 is 2.32 bits per heavy atom. The molecule has 0 spiro atoms. The van der Waals surface area contributed by atoms with Crippen LogP contribution in [0, 0.1) is 16.7 Å². The molecule has 34 heavy (non-hydrogen) atoms. The summed E-state index contributed by atoms with van der Waals surface area (Å²) < 4.78 is 29.0. The average Bonchev–Trinajstić information content (AvgIpc) is 3.02. The quantitative estimate of drug-likeness (QED) is 0.633. The molecule has 1 saturated carbocycles. The first-order valence-electron chi connectivity index (χ1n) is 12.5. The largest absolute Gasteiger partial charge is 0.339 e. The molecular weight excluding hydrogens is 450 g/mol. The van der Waals surface area contributed by atoms with Gasteiger partial charge >= 0.3 is 0 Å². The second-order valence-electron chi connectivity index (χ2n) is 12.1. The zero-order valence-electron chi connectivity index (χ0n) is 21.2. The van der Waals surface area contributed by atoms with Gasteiger partial charge < -0.3 is 9.80 Å². The van der Waals surface area contributed by atoms with E-state index in [4.69, 9.17) is 0 Å². The minimum absolute atomic E-state index is 0.000401. The number of carbonyl (C=O) groups is 2. The van der Waals surface area contributed by atoms with Crippen molar-refractivity contribution in [3.8, 4) is 0 Å². The number of hydrogen-bond donors (Lipinski definition) is 0. The third-order valence-electron chi connectivity index (χ3n) is 7.56. The fourth-order valence-electron chi connectivity index (χ4n) is 6.43. The minimum atomic E-state index is -3.69. The Morgan fingerprint density at radius 1 is 1.03 bits per heavy atom. The molecule has 3 fully saturated rings. The minimum Gasteiger partial charge on any atom is -0.339 e. The van der Waals surface area contributed by atoms with Crippen LogP contribution < -0.4 is 0 Å². The first-order chi connectivity index (χ1) is 15.8. The van der Waals surface area contributed by atoms with Gasteiger partial charge in [-0.25, -0.2) is 8.42 Å². The maximum absolute atomic E-state index is 13.6. The van der Waals surface area contributed by atoms with Crippen molar-refractivity contribution in [2.75, 3.05) is 32.7 Å². The first-order valence-corrected chi connectivity index (χ1v) is 13.9. The molecule has 8 heteroatoms. The van der Waals surface area contributed by atoms with E-state index in [0.717, 1.165) is 19.3 Å². The summed E-state index contributed by atoms with van der Waals surface area (Å²) in [5.74, 6) is 0.254. The highest BCUT2D eigenvalue weighted by Gasteiger charge is 2.53. The number of nitrogens with zero attached hydrogens (tertiary/aromatic N) is 3. The summed E-state index contributed by atoms with van der Waals surface area (Å²) in [7, 11) is -3.69. The number of benzene rings is 1. The molecule has 1 aromatic carbocycles. The number of sulfonamides is 1. The molecule has 1 aliphatic carbocycles. The van der Waals surface area contributed by atoms with Crippen LogP contribution in [0.25, 0.3) is 0 Å². The monoisotopic (exact) mass is 489 g/mol. The van der Waals surface area contributed by atoms with Crippen LogP contribution in [0.1, 0.15) is 70.7 Å². The van der Waals surface area contributed by atoms with E-state index in [2.05, 4.69) is 20.8 Å². The topological polar surface area (TPSA) is 78.0 Å². The second-order valence-corrected chi connectivity index (χ2v) is 14.0. The van der Waals surface area contributed by atoms with Crippen LogP contribution in [0.2, 0.25) is 0 Å². The van der Waals surface area contributed by atoms with Crippen molar-refractivity contribution < 1.29 is 18.0 Å². The highest BCUT2D eigenvalue weighted by Crippen LogP contribution is 2.53. The van der Waals surface area contributed by atoms with Crippen LogP contribution >= 0.6 is 0 Å². The van der Waals surface area contributed by atoms with Crippen LogP contribution in [-0.4, -0.2) is 73.1 Å². The molecule has 1 aromatic rings. The number of rotatable bonds is 5. The summed E-state index contributed by atoms with van der Waals surface area (Å²) in [5.41, 5.74) is 0.509. The second kappa shape index (κ2) is 8.94. The summed E-state index contributed by atoms with van der Waals surface area (Å²) >= 11 is 0. The van der Waals surface area contributed by atoms with E-state index in [1.165, 1.54) is 6.07 Å². The van der Waals surface area contributed by atoms with Crippen LogP contribution in [-0.2, 0) is 14.8 Å². The lowest BCUT2D eigenvalue weighted by Crippen LogP contribution is -2.50. The van der Waals surface area contributed by atoms with E-state index in [0.29, 0.717) is 50.6 Å². The Morgan fingerprint density at radius 2 is 1.68 bits per heavy atom. The summed E-state index contributed by atoms with van der Waals surface area (Å²) in [6.45, 7) is 13.2. The molecule has 4 rings (SSSR count). The number of carbonyl (C=O) groups excluding carboxylic acids is 2. The van der Waals surface area contributed by atoms with E-state index in [9.17, 15) is 18.0 Å². The van der Waals surface area contributed by atoms with Crippen molar-refractivity contribution in [3.63, 3.8) is 0 Å². The summed E-state index contributed by atoms with van der Waals surface area (Å²) in [6, 6.07) is 6.49. The molecule has 188 valence electrons. The van der Waals surface area contributed by atoms with Gasteiger partial charge in [0, 0.05) is 50.7 Å². The molecule has 2 saturated heterocycles. The highest BCUT2D eigenvalue weighted by molar-refractivity contribution is 7.89. The van der Waals surface area contributed by atoms with Crippen LogP contribution in [0.3, 0.4) is 0 Å². The maximum atomic E-state index is 13.6. The molecule has 0 N–H and O–H groups in total. The van der Waals surface area contributed by atoms with Gasteiger partial charge in [-0.15, -0.1) is 0 Å². The van der Waals surface area contributed by atoms with Crippen molar-refractivity contribution in [1.82, 2.24) is 14.1 Å². The van der Waals surface area contributed by atoms with Gasteiger partial charge in [0.2, 0.25) is 15.9 Å². The third-order valence-corrected chi connectivity index (χ3v) is 9.45. The Bertz CT molecular complexity index is 1060.